The molecule has 2 N–H and O–H groups in total. The first-order valence-corrected chi connectivity index (χ1v) is 11.8. The van der Waals surface area contributed by atoms with E-state index < -0.39 is 17.8 Å². The van der Waals surface area contributed by atoms with Crippen LogP contribution in [0.1, 0.15) is 28.7 Å². The van der Waals surface area contributed by atoms with Gasteiger partial charge in [-0.05, 0) is 24.6 Å². The number of H-pyrrole nitrogens is 1. The lowest BCUT2D eigenvalue weighted by Crippen LogP contribution is -2.46. The molecule has 4 heterocycles. The number of fused-ring (bicyclic) bond motifs is 1. The number of aromatic amines is 1. The normalized spacial score (nSPS) is 16.4. The number of nitrogens with one attached hydrogen (secondary N) is 2. The molecule has 11 nitrogen and oxygen atoms in total. The van der Waals surface area contributed by atoms with Gasteiger partial charge in [0, 0.05) is 38.3 Å². The molecule has 0 bridgehead atoms. The van der Waals surface area contributed by atoms with Crippen molar-refractivity contribution < 1.29 is 18.7 Å². The van der Waals surface area contributed by atoms with E-state index in [1.807, 2.05) is 13.0 Å². The number of piperazine rings is 1. The average molecular weight is 496 g/mol. The van der Waals surface area contributed by atoms with Gasteiger partial charge in [-0.1, -0.05) is 13.0 Å². The molecule has 36 heavy (non-hydrogen) atoms. The zero-order valence-corrected chi connectivity index (χ0v) is 19.8. The molecule has 1 aromatic carbocycles. The summed E-state index contributed by atoms with van der Waals surface area (Å²) < 4.78 is 19.9. The van der Waals surface area contributed by atoms with Crippen LogP contribution in [0.3, 0.4) is 0 Å². The summed E-state index contributed by atoms with van der Waals surface area (Å²) >= 11 is 0. The standard InChI is InChI=1S/C24H26FN7O4/c1-2-17-22(33)28-21-18(27-17)5-3-15(20(21)25)14-30-7-9-31(10-8-30)16-4-6-19(26-13-16)23(34)29-32-11-12-36-24(32)35/h3-6,13H,2,7-12,14H2,1H3,(H,28,33)(H,29,34). The summed E-state index contributed by atoms with van der Waals surface area (Å²) in [6.45, 7) is 5.63. The Morgan fingerprint density at radius 2 is 1.94 bits per heavy atom. The largest absolute Gasteiger partial charge is 0.446 e. The molecular formula is C24H26FN7O4. The highest BCUT2D eigenvalue weighted by molar-refractivity contribution is 5.93. The number of ether oxygens (including phenoxy) is 1. The van der Waals surface area contributed by atoms with Gasteiger partial charge in [0.25, 0.3) is 11.5 Å². The lowest BCUT2D eigenvalue weighted by Gasteiger charge is -2.36. The smallest absolute Gasteiger partial charge is 0.428 e. The molecule has 2 fully saturated rings. The van der Waals surface area contributed by atoms with Gasteiger partial charge in [-0.25, -0.2) is 24.2 Å². The first kappa shape index (κ1) is 23.7. The number of rotatable bonds is 6. The van der Waals surface area contributed by atoms with Gasteiger partial charge in [-0.2, -0.15) is 0 Å². The van der Waals surface area contributed by atoms with E-state index in [4.69, 9.17) is 4.74 Å². The average Bonchev–Trinajstić information content (AvgIpc) is 3.30. The van der Waals surface area contributed by atoms with Crippen LogP contribution in [0.25, 0.3) is 11.0 Å². The predicted octanol–water partition coefficient (Wildman–Crippen LogP) is 1.44. The molecule has 12 heteroatoms. The van der Waals surface area contributed by atoms with Crippen LogP contribution in [0.2, 0.25) is 0 Å². The summed E-state index contributed by atoms with van der Waals surface area (Å²) in [6.07, 6.45) is 1.53. The maximum atomic E-state index is 15.1. The first-order chi connectivity index (χ1) is 17.4. The van der Waals surface area contributed by atoms with Crippen LogP contribution in [0.15, 0.2) is 35.3 Å². The third kappa shape index (κ3) is 4.71. The molecule has 2 aliphatic heterocycles. The summed E-state index contributed by atoms with van der Waals surface area (Å²) in [5.74, 6) is -0.924. The van der Waals surface area contributed by atoms with E-state index in [0.29, 0.717) is 62.5 Å². The predicted molar refractivity (Wildman–Crippen MR) is 129 cm³/mol. The number of carbonyl (C=O) groups is 2. The Bertz CT molecular complexity index is 1350. The molecule has 0 radical (unpaired) electrons. The number of hydrogen-bond donors (Lipinski definition) is 2. The number of cyclic esters (lactones) is 1. The van der Waals surface area contributed by atoms with E-state index in [0.717, 1.165) is 10.7 Å². The molecule has 2 aromatic heterocycles. The highest BCUT2D eigenvalue weighted by atomic mass is 19.1. The number of benzene rings is 1. The number of aromatic nitrogens is 3. The van der Waals surface area contributed by atoms with Gasteiger partial charge in [0.2, 0.25) is 0 Å². The highest BCUT2D eigenvalue weighted by Crippen LogP contribution is 2.21. The number of anilines is 1. The second kappa shape index (κ2) is 9.90. The Morgan fingerprint density at radius 3 is 2.61 bits per heavy atom. The third-order valence-electron chi connectivity index (χ3n) is 6.40. The zero-order chi connectivity index (χ0) is 25.2. The molecular weight excluding hydrogens is 469 g/mol. The Morgan fingerprint density at radius 1 is 1.14 bits per heavy atom. The van der Waals surface area contributed by atoms with Gasteiger partial charge in [0.15, 0.2) is 5.82 Å². The number of carbonyl (C=O) groups excluding carboxylic acids is 2. The van der Waals surface area contributed by atoms with Gasteiger partial charge in [-0.3, -0.25) is 19.9 Å². The fourth-order valence-electron chi connectivity index (χ4n) is 4.35. The molecule has 188 valence electrons. The highest BCUT2D eigenvalue weighted by Gasteiger charge is 2.25. The maximum Gasteiger partial charge on any atom is 0.428 e. The molecule has 0 atom stereocenters. The lowest BCUT2D eigenvalue weighted by atomic mass is 10.1. The SMILES string of the molecule is CCc1nc2ccc(CN3CCN(c4ccc(C(=O)NN5CCOC5=O)nc4)CC3)c(F)c2[nH]c1=O. The third-order valence-corrected chi connectivity index (χ3v) is 6.40. The molecule has 2 amide bonds. The molecule has 3 aromatic rings. The van der Waals surface area contributed by atoms with Crippen molar-refractivity contribution in [1.29, 1.82) is 0 Å². The molecule has 2 saturated heterocycles. The first-order valence-electron chi connectivity index (χ1n) is 11.8. The summed E-state index contributed by atoms with van der Waals surface area (Å²) in [5, 5.41) is 1.12. The van der Waals surface area contributed by atoms with E-state index in [1.54, 1.807) is 24.4 Å². The van der Waals surface area contributed by atoms with E-state index in [1.165, 1.54) is 0 Å². The van der Waals surface area contributed by atoms with Crippen LogP contribution in [0, 0.1) is 5.82 Å². The molecule has 0 unspecified atom stereocenters. The number of halogens is 1. The van der Waals surface area contributed by atoms with Gasteiger partial charge < -0.3 is 14.6 Å². The Labute approximate surface area is 205 Å². The minimum Gasteiger partial charge on any atom is -0.446 e. The minimum atomic E-state index is -0.586. The monoisotopic (exact) mass is 495 g/mol. The topological polar surface area (TPSA) is 124 Å². The molecule has 0 aliphatic carbocycles. The van der Waals surface area contributed by atoms with Crippen molar-refractivity contribution in [2.24, 2.45) is 0 Å². The van der Waals surface area contributed by atoms with Crippen molar-refractivity contribution in [1.82, 2.24) is 30.3 Å². The van der Waals surface area contributed by atoms with Gasteiger partial charge in [-0.15, -0.1) is 0 Å². The Balaban J connectivity index is 1.19. The molecule has 0 spiro atoms. The Hall–Kier alpha value is -4.06. The maximum absolute atomic E-state index is 15.1. The molecule has 5 rings (SSSR count). The Kier molecular flexibility index (Phi) is 6.51. The van der Waals surface area contributed by atoms with Crippen molar-refractivity contribution in [2.75, 3.05) is 44.2 Å². The number of pyridine rings is 1. The van der Waals surface area contributed by atoms with E-state index in [9.17, 15) is 14.4 Å². The van der Waals surface area contributed by atoms with Crippen LogP contribution in [0.5, 0.6) is 0 Å². The number of amides is 2. The minimum absolute atomic E-state index is 0.144. The van der Waals surface area contributed by atoms with E-state index in [2.05, 4.69) is 30.2 Å². The van der Waals surface area contributed by atoms with Crippen molar-refractivity contribution in [3.63, 3.8) is 0 Å². The number of hydrogen-bond acceptors (Lipinski definition) is 8. The summed E-state index contributed by atoms with van der Waals surface area (Å²) in [7, 11) is 0. The molecule has 0 saturated carbocycles. The number of nitrogens with zero attached hydrogens (tertiary/aromatic N) is 5. The zero-order valence-electron chi connectivity index (χ0n) is 19.8. The van der Waals surface area contributed by atoms with Gasteiger partial charge in [0.05, 0.1) is 23.9 Å². The fraction of sp³-hybridized carbons (Fsp3) is 0.375. The summed E-state index contributed by atoms with van der Waals surface area (Å²) in [6, 6.07) is 6.90. The van der Waals surface area contributed by atoms with E-state index >= 15 is 4.39 Å². The molecule has 2 aliphatic rings. The van der Waals surface area contributed by atoms with Crippen LogP contribution >= 0.6 is 0 Å². The summed E-state index contributed by atoms with van der Waals surface area (Å²) in [5.41, 5.74) is 4.69. The lowest BCUT2D eigenvalue weighted by molar-refractivity contribution is 0.0826. The van der Waals surface area contributed by atoms with Crippen LogP contribution in [-0.4, -0.2) is 76.2 Å². The second-order valence-electron chi connectivity index (χ2n) is 8.67. The van der Waals surface area contributed by atoms with Crippen molar-refractivity contribution in [2.45, 2.75) is 19.9 Å². The number of aryl methyl sites for hydroxylation is 1. The van der Waals surface area contributed by atoms with Crippen molar-refractivity contribution in [3.05, 3.63) is 63.6 Å². The summed E-state index contributed by atoms with van der Waals surface area (Å²) in [4.78, 5) is 51.3. The van der Waals surface area contributed by atoms with Crippen molar-refractivity contribution >= 4 is 28.7 Å². The van der Waals surface area contributed by atoms with Crippen LogP contribution in [-0.2, 0) is 17.7 Å². The van der Waals surface area contributed by atoms with Gasteiger partial charge in [0.1, 0.15) is 23.5 Å². The van der Waals surface area contributed by atoms with E-state index in [-0.39, 0.29) is 23.4 Å². The number of hydrazine groups is 1. The van der Waals surface area contributed by atoms with Crippen molar-refractivity contribution in [3.8, 4) is 0 Å². The van der Waals surface area contributed by atoms with Gasteiger partial charge >= 0.3 is 6.09 Å². The second-order valence-corrected chi connectivity index (χ2v) is 8.67. The fourth-order valence-corrected chi connectivity index (χ4v) is 4.35. The van der Waals surface area contributed by atoms with Crippen LogP contribution < -0.4 is 15.9 Å². The van der Waals surface area contributed by atoms with Crippen LogP contribution in [0.4, 0.5) is 14.9 Å². The quantitative estimate of drug-likeness (QED) is 0.527.